The maximum atomic E-state index is 13.1. The van der Waals surface area contributed by atoms with Crippen molar-refractivity contribution in [3.63, 3.8) is 0 Å². The molecular formula is C29H28N2O6. The van der Waals surface area contributed by atoms with E-state index in [2.05, 4.69) is 18.3 Å². The highest BCUT2D eigenvalue weighted by molar-refractivity contribution is 6.39. The molecular weight excluding hydrogens is 472 g/mol. The Kier molecular flexibility index (Phi) is 7.88. The summed E-state index contributed by atoms with van der Waals surface area (Å²) in [6, 6.07) is 18.7. The largest absolute Gasteiger partial charge is 0.497 e. The lowest BCUT2D eigenvalue weighted by Gasteiger charge is -2.26. The number of nitrogens with one attached hydrogen (secondary N) is 1. The third-order valence-electron chi connectivity index (χ3n) is 5.74. The van der Waals surface area contributed by atoms with Gasteiger partial charge in [0, 0.05) is 0 Å². The number of aryl methyl sites for hydroxylation is 2. The molecule has 1 aliphatic rings. The second-order valence-corrected chi connectivity index (χ2v) is 8.43. The molecule has 0 radical (unpaired) electrons. The van der Waals surface area contributed by atoms with E-state index in [1.165, 1.54) is 18.7 Å². The number of anilines is 1. The summed E-state index contributed by atoms with van der Waals surface area (Å²) in [7, 11) is 1.52. The van der Waals surface area contributed by atoms with E-state index < -0.39 is 17.8 Å². The van der Waals surface area contributed by atoms with Crippen LogP contribution in [0.5, 0.6) is 17.2 Å². The Morgan fingerprint density at radius 3 is 2.30 bits per heavy atom. The van der Waals surface area contributed by atoms with Crippen LogP contribution in [-0.2, 0) is 16.0 Å². The number of ether oxygens (including phenoxy) is 3. The maximum absolute atomic E-state index is 13.1. The first kappa shape index (κ1) is 25.5. The van der Waals surface area contributed by atoms with Crippen LogP contribution in [-0.4, -0.2) is 38.2 Å². The van der Waals surface area contributed by atoms with Gasteiger partial charge in [-0.15, -0.1) is 0 Å². The van der Waals surface area contributed by atoms with Gasteiger partial charge in [0.1, 0.15) is 36.0 Å². The van der Waals surface area contributed by atoms with Gasteiger partial charge < -0.3 is 14.2 Å². The van der Waals surface area contributed by atoms with Crippen LogP contribution in [0.3, 0.4) is 0 Å². The van der Waals surface area contributed by atoms with Crippen molar-refractivity contribution in [2.24, 2.45) is 0 Å². The van der Waals surface area contributed by atoms with Gasteiger partial charge in [-0.3, -0.25) is 14.9 Å². The number of barbiturate groups is 1. The smallest absolute Gasteiger partial charge is 0.335 e. The normalized spacial score (nSPS) is 14.5. The number of hydrogen-bond acceptors (Lipinski definition) is 6. The SMILES string of the molecule is CCc1cc(C)cc(OCCOc2cccc(/C=C3/C(=O)NC(=O)N(c4ccc(OC)cc4)C3=O)c2)c1. The van der Waals surface area contributed by atoms with Gasteiger partial charge in [-0.1, -0.05) is 25.1 Å². The Bertz CT molecular complexity index is 1350. The van der Waals surface area contributed by atoms with E-state index in [0.29, 0.717) is 36.0 Å². The monoisotopic (exact) mass is 500 g/mol. The zero-order valence-corrected chi connectivity index (χ0v) is 20.9. The zero-order chi connectivity index (χ0) is 26.4. The zero-order valence-electron chi connectivity index (χ0n) is 20.9. The Hall–Kier alpha value is -4.59. The van der Waals surface area contributed by atoms with Gasteiger partial charge in [-0.25, -0.2) is 9.69 Å². The maximum Gasteiger partial charge on any atom is 0.335 e. The second kappa shape index (κ2) is 11.4. The number of carbonyl (C=O) groups is 3. The average molecular weight is 501 g/mol. The van der Waals surface area contributed by atoms with Crippen molar-refractivity contribution < 1.29 is 28.6 Å². The Morgan fingerprint density at radius 1 is 0.865 bits per heavy atom. The van der Waals surface area contributed by atoms with Gasteiger partial charge in [0.25, 0.3) is 11.8 Å². The molecule has 4 rings (SSSR count). The lowest BCUT2D eigenvalue weighted by molar-refractivity contribution is -0.122. The van der Waals surface area contributed by atoms with Crippen LogP contribution in [0.1, 0.15) is 23.6 Å². The number of amides is 4. The van der Waals surface area contributed by atoms with Crippen molar-refractivity contribution >= 4 is 29.6 Å². The molecule has 0 spiro atoms. The van der Waals surface area contributed by atoms with Gasteiger partial charge in [0.2, 0.25) is 0 Å². The molecule has 0 bridgehead atoms. The van der Waals surface area contributed by atoms with E-state index in [1.807, 2.05) is 19.1 Å². The van der Waals surface area contributed by atoms with Crippen LogP contribution in [0.15, 0.2) is 72.3 Å². The molecule has 1 fully saturated rings. The lowest BCUT2D eigenvalue weighted by Crippen LogP contribution is -2.54. The molecule has 3 aromatic rings. The van der Waals surface area contributed by atoms with Crippen molar-refractivity contribution in [2.75, 3.05) is 25.2 Å². The van der Waals surface area contributed by atoms with Crippen molar-refractivity contribution in [1.82, 2.24) is 5.32 Å². The third-order valence-corrected chi connectivity index (χ3v) is 5.74. The highest BCUT2D eigenvalue weighted by atomic mass is 16.5. The molecule has 3 aromatic carbocycles. The van der Waals surface area contributed by atoms with Gasteiger partial charge in [0.15, 0.2) is 0 Å². The summed E-state index contributed by atoms with van der Waals surface area (Å²) in [5.74, 6) is 0.458. The van der Waals surface area contributed by atoms with Gasteiger partial charge in [0.05, 0.1) is 12.8 Å². The summed E-state index contributed by atoms with van der Waals surface area (Å²) in [5, 5.41) is 2.22. The van der Waals surface area contributed by atoms with Crippen LogP contribution >= 0.6 is 0 Å². The minimum absolute atomic E-state index is 0.165. The Labute approximate surface area is 215 Å². The molecule has 0 aliphatic carbocycles. The molecule has 1 heterocycles. The minimum atomic E-state index is -0.811. The fourth-order valence-corrected chi connectivity index (χ4v) is 3.92. The third kappa shape index (κ3) is 6.16. The number of rotatable bonds is 9. The van der Waals surface area contributed by atoms with Crippen LogP contribution in [0.25, 0.3) is 6.08 Å². The molecule has 8 heteroatoms. The molecule has 0 saturated carbocycles. The summed E-state index contributed by atoms with van der Waals surface area (Å²) in [4.78, 5) is 38.9. The first-order valence-corrected chi connectivity index (χ1v) is 11.9. The van der Waals surface area contributed by atoms with E-state index in [9.17, 15) is 14.4 Å². The number of methoxy groups -OCH3 is 1. The van der Waals surface area contributed by atoms with Gasteiger partial charge in [-0.05, 0) is 84.6 Å². The van der Waals surface area contributed by atoms with E-state index in [4.69, 9.17) is 14.2 Å². The predicted molar refractivity (Wildman–Crippen MR) is 140 cm³/mol. The number of urea groups is 1. The predicted octanol–water partition coefficient (Wildman–Crippen LogP) is 4.69. The molecule has 0 aromatic heterocycles. The van der Waals surface area contributed by atoms with Crippen molar-refractivity contribution in [2.45, 2.75) is 20.3 Å². The number of benzene rings is 3. The topological polar surface area (TPSA) is 94.2 Å². The first-order chi connectivity index (χ1) is 17.9. The number of hydrogen-bond donors (Lipinski definition) is 1. The minimum Gasteiger partial charge on any atom is -0.497 e. The molecule has 1 saturated heterocycles. The summed E-state index contributed by atoms with van der Waals surface area (Å²) >= 11 is 0. The van der Waals surface area contributed by atoms with Crippen molar-refractivity contribution in [3.8, 4) is 17.2 Å². The van der Waals surface area contributed by atoms with Crippen LogP contribution in [0, 0.1) is 6.92 Å². The second-order valence-electron chi connectivity index (χ2n) is 8.43. The fraction of sp³-hybridized carbons (Fsp3) is 0.207. The summed E-state index contributed by atoms with van der Waals surface area (Å²) in [5.41, 5.74) is 3.09. The van der Waals surface area contributed by atoms with E-state index >= 15 is 0 Å². The molecule has 4 amide bonds. The molecule has 1 N–H and O–H groups in total. The number of carbonyl (C=O) groups excluding carboxylic acids is 3. The van der Waals surface area contributed by atoms with E-state index in [-0.39, 0.29) is 5.57 Å². The van der Waals surface area contributed by atoms with E-state index in [0.717, 1.165) is 22.6 Å². The quantitative estimate of drug-likeness (QED) is 0.260. The van der Waals surface area contributed by atoms with Crippen LogP contribution < -0.4 is 24.4 Å². The molecule has 37 heavy (non-hydrogen) atoms. The van der Waals surface area contributed by atoms with E-state index in [1.54, 1.807) is 48.5 Å². The highest BCUT2D eigenvalue weighted by Crippen LogP contribution is 2.25. The number of nitrogens with zero attached hydrogens (tertiary/aromatic N) is 1. The molecule has 190 valence electrons. The highest BCUT2D eigenvalue weighted by Gasteiger charge is 2.36. The number of imide groups is 2. The lowest BCUT2D eigenvalue weighted by atomic mass is 10.1. The van der Waals surface area contributed by atoms with Gasteiger partial charge in [-0.2, -0.15) is 0 Å². The molecule has 0 atom stereocenters. The fourth-order valence-electron chi connectivity index (χ4n) is 3.92. The Balaban J connectivity index is 1.44. The van der Waals surface area contributed by atoms with Crippen LogP contribution in [0.4, 0.5) is 10.5 Å². The molecule has 8 nitrogen and oxygen atoms in total. The Morgan fingerprint density at radius 2 is 1.59 bits per heavy atom. The summed E-state index contributed by atoms with van der Waals surface area (Å²) in [6.45, 7) is 4.81. The van der Waals surface area contributed by atoms with Crippen molar-refractivity contribution in [3.05, 3.63) is 89.0 Å². The first-order valence-electron chi connectivity index (χ1n) is 11.9. The molecule has 0 unspecified atom stereocenters. The van der Waals surface area contributed by atoms with Crippen LogP contribution in [0.2, 0.25) is 0 Å². The molecule has 1 aliphatic heterocycles. The average Bonchev–Trinajstić information content (AvgIpc) is 2.89. The summed E-state index contributed by atoms with van der Waals surface area (Å²) < 4.78 is 16.8. The summed E-state index contributed by atoms with van der Waals surface area (Å²) in [6.07, 6.45) is 2.37. The van der Waals surface area contributed by atoms with Gasteiger partial charge >= 0.3 is 6.03 Å². The standard InChI is InChI=1S/C29H28N2O6/c1-4-20-14-19(2)15-25(16-20)37-13-12-36-24-7-5-6-21(17-24)18-26-27(32)30-29(34)31(28(26)33)22-8-10-23(35-3)11-9-22/h5-11,14-18H,4,12-13H2,1-3H3,(H,30,32,34)/b26-18-. The van der Waals surface area contributed by atoms with Crippen molar-refractivity contribution in [1.29, 1.82) is 0 Å².